The molecule has 0 spiro atoms. The molecule has 5 heteroatoms. The van der Waals surface area contributed by atoms with Crippen LogP contribution >= 0.6 is 11.6 Å². The lowest BCUT2D eigenvalue weighted by atomic mass is 10.2. The fraction of sp³-hybridized carbons (Fsp3) is 0.316. The molecule has 0 radical (unpaired) electrons. The van der Waals surface area contributed by atoms with Crippen molar-refractivity contribution in [3.8, 4) is 5.75 Å². The van der Waals surface area contributed by atoms with Gasteiger partial charge in [-0.2, -0.15) is 0 Å². The molecule has 0 bridgehead atoms. The van der Waals surface area contributed by atoms with Crippen molar-refractivity contribution in [1.29, 1.82) is 0 Å². The number of hydrogen-bond acceptors (Lipinski definition) is 3. The van der Waals surface area contributed by atoms with Crippen LogP contribution in [-0.4, -0.2) is 19.1 Å². The number of anilines is 1. The fourth-order valence-electron chi connectivity index (χ4n) is 2.07. The number of ether oxygens (including phenoxy) is 1. The van der Waals surface area contributed by atoms with Gasteiger partial charge in [0, 0.05) is 11.6 Å². The van der Waals surface area contributed by atoms with Gasteiger partial charge in [0.1, 0.15) is 5.75 Å². The van der Waals surface area contributed by atoms with Crippen LogP contribution in [-0.2, 0) is 11.3 Å². The van der Waals surface area contributed by atoms with Gasteiger partial charge in [-0.15, -0.1) is 0 Å². The maximum absolute atomic E-state index is 12.0. The van der Waals surface area contributed by atoms with E-state index in [0.29, 0.717) is 24.1 Å². The first-order valence-corrected chi connectivity index (χ1v) is 8.40. The molecule has 128 valence electrons. The van der Waals surface area contributed by atoms with Crippen molar-refractivity contribution < 1.29 is 9.53 Å². The van der Waals surface area contributed by atoms with Gasteiger partial charge in [-0.05, 0) is 29.7 Å². The van der Waals surface area contributed by atoms with Crippen molar-refractivity contribution in [2.24, 2.45) is 5.92 Å². The van der Waals surface area contributed by atoms with Crippen LogP contribution < -0.4 is 15.4 Å². The summed E-state index contributed by atoms with van der Waals surface area (Å²) in [4.78, 5) is 12.0. The molecular formula is C19H23ClN2O2. The number of hydrogen-bond donors (Lipinski definition) is 2. The Labute approximate surface area is 148 Å². The highest BCUT2D eigenvalue weighted by Crippen LogP contribution is 2.24. The maximum atomic E-state index is 12.0. The van der Waals surface area contributed by atoms with Gasteiger partial charge in [-0.1, -0.05) is 55.8 Å². The maximum Gasteiger partial charge on any atom is 0.239 e. The Bertz CT molecular complexity index is 674. The zero-order chi connectivity index (χ0) is 17.4. The van der Waals surface area contributed by atoms with Gasteiger partial charge in [0.05, 0.1) is 18.8 Å². The standard InChI is InChI=1S/C19H23ClN2O2/c1-14(2)13-24-18-10-6-5-9-17(18)21-12-19(23)22-11-15-7-3-4-8-16(15)20/h3-10,14,21H,11-13H2,1-2H3,(H,22,23). The van der Waals surface area contributed by atoms with E-state index in [1.165, 1.54) is 0 Å². The van der Waals surface area contributed by atoms with Crippen molar-refractivity contribution in [2.75, 3.05) is 18.5 Å². The van der Waals surface area contributed by atoms with Gasteiger partial charge in [0.15, 0.2) is 0 Å². The van der Waals surface area contributed by atoms with Gasteiger partial charge < -0.3 is 15.4 Å². The van der Waals surface area contributed by atoms with Crippen LogP contribution in [0.4, 0.5) is 5.69 Å². The van der Waals surface area contributed by atoms with Crippen LogP contribution in [0.1, 0.15) is 19.4 Å². The number of benzene rings is 2. The Morgan fingerprint density at radius 1 is 1.12 bits per heavy atom. The molecule has 0 atom stereocenters. The first-order chi connectivity index (χ1) is 11.6. The van der Waals surface area contributed by atoms with E-state index in [9.17, 15) is 4.79 Å². The van der Waals surface area contributed by atoms with E-state index < -0.39 is 0 Å². The average molecular weight is 347 g/mol. The Hall–Kier alpha value is -2.20. The van der Waals surface area contributed by atoms with Gasteiger partial charge in [0.25, 0.3) is 0 Å². The third-order valence-corrected chi connectivity index (χ3v) is 3.70. The Morgan fingerprint density at radius 3 is 2.58 bits per heavy atom. The zero-order valence-corrected chi connectivity index (χ0v) is 14.8. The molecule has 0 aliphatic carbocycles. The summed E-state index contributed by atoms with van der Waals surface area (Å²) >= 11 is 6.08. The molecule has 2 aromatic carbocycles. The van der Waals surface area contributed by atoms with E-state index in [1.807, 2.05) is 48.5 Å². The molecule has 2 N–H and O–H groups in total. The van der Waals surface area contributed by atoms with E-state index >= 15 is 0 Å². The third kappa shape index (κ3) is 5.78. The number of carbonyl (C=O) groups is 1. The number of para-hydroxylation sites is 2. The average Bonchev–Trinajstić information content (AvgIpc) is 2.58. The van der Waals surface area contributed by atoms with Crippen LogP contribution in [0.5, 0.6) is 5.75 Å². The van der Waals surface area contributed by atoms with Crippen molar-refractivity contribution in [2.45, 2.75) is 20.4 Å². The van der Waals surface area contributed by atoms with E-state index in [1.54, 1.807) is 0 Å². The van der Waals surface area contributed by atoms with Crippen LogP contribution in [0.15, 0.2) is 48.5 Å². The molecule has 0 fully saturated rings. The first kappa shape index (κ1) is 18.1. The van der Waals surface area contributed by atoms with E-state index in [0.717, 1.165) is 17.0 Å². The van der Waals surface area contributed by atoms with E-state index in [2.05, 4.69) is 24.5 Å². The minimum Gasteiger partial charge on any atom is -0.491 e. The summed E-state index contributed by atoms with van der Waals surface area (Å²) < 4.78 is 5.76. The third-order valence-electron chi connectivity index (χ3n) is 3.33. The van der Waals surface area contributed by atoms with Crippen molar-refractivity contribution >= 4 is 23.2 Å². The summed E-state index contributed by atoms with van der Waals surface area (Å²) in [6, 6.07) is 15.1. The number of carbonyl (C=O) groups excluding carboxylic acids is 1. The largest absolute Gasteiger partial charge is 0.491 e. The van der Waals surface area contributed by atoms with Crippen molar-refractivity contribution in [1.82, 2.24) is 5.32 Å². The number of rotatable bonds is 8. The molecular weight excluding hydrogens is 324 g/mol. The molecule has 0 saturated heterocycles. The second-order valence-electron chi connectivity index (χ2n) is 5.92. The molecule has 0 heterocycles. The molecule has 0 aliphatic rings. The fourth-order valence-corrected chi connectivity index (χ4v) is 2.27. The molecule has 2 aromatic rings. The molecule has 1 amide bonds. The van der Waals surface area contributed by atoms with Crippen LogP contribution in [0.3, 0.4) is 0 Å². The SMILES string of the molecule is CC(C)COc1ccccc1NCC(=O)NCc1ccccc1Cl. The zero-order valence-electron chi connectivity index (χ0n) is 14.0. The molecule has 2 rings (SSSR count). The first-order valence-electron chi connectivity index (χ1n) is 8.02. The summed E-state index contributed by atoms with van der Waals surface area (Å²) in [7, 11) is 0. The second kappa shape index (κ2) is 9.18. The lowest BCUT2D eigenvalue weighted by molar-refractivity contribution is -0.119. The lowest BCUT2D eigenvalue weighted by Gasteiger charge is -2.14. The monoisotopic (exact) mass is 346 g/mol. The minimum absolute atomic E-state index is 0.103. The summed E-state index contributed by atoms with van der Waals surface area (Å²) in [5.74, 6) is 1.09. The van der Waals surface area contributed by atoms with E-state index in [4.69, 9.17) is 16.3 Å². The van der Waals surface area contributed by atoms with Gasteiger partial charge in [0.2, 0.25) is 5.91 Å². The van der Waals surface area contributed by atoms with Crippen LogP contribution in [0.25, 0.3) is 0 Å². The van der Waals surface area contributed by atoms with Gasteiger partial charge in [-0.25, -0.2) is 0 Å². The number of nitrogens with one attached hydrogen (secondary N) is 2. The Morgan fingerprint density at radius 2 is 1.83 bits per heavy atom. The molecule has 4 nitrogen and oxygen atoms in total. The molecule has 0 aromatic heterocycles. The highest BCUT2D eigenvalue weighted by molar-refractivity contribution is 6.31. The molecule has 0 unspecified atom stereocenters. The molecule has 0 saturated carbocycles. The van der Waals surface area contributed by atoms with Crippen LogP contribution in [0.2, 0.25) is 5.02 Å². The minimum atomic E-state index is -0.103. The topological polar surface area (TPSA) is 50.4 Å². The smallest absolute Gasteiger partial charge is 0.239 e. The predicted octanol–water partition coefficient (Wildman–Crippen LogP) is 4.10. The van der Waals surface area contributed by atoms with E-state index in [-0.39, 0.29) is 12.5 Å². The van der Waals surface area contributed by atoms with Crippen molar-refractivity contribution in [3.05, 3.63) is 59.1 Å². The number of amides is 1. The number of halogens is 1. The van der Waals surface area contributed by atoms with Crippen LogP contribution in [0, 0.1) is 5.92 Å². The summed E-state index contributed by atoms with van der Waals surface area (Å²) in [6.07, 6.45) is 0. The Balaban J connectivity index is 1.84. The summed E-state index contributed by atoms with van der Waals surface area (Å²) in [5, 5.41) is 6.62. The molecule has 0 aliphatic heterocycles. The van der Waals surface area contributed by atoms with Gasteiger partial charge in [-0.3, -0.25) is 4.79 Å². The van der Waals surface area contributed by atoms with Gasteiger partial charge >= 0.3 is 0 Å². The Kier molecular flexibility index (Phi) is 6.94. The normalized spacial score (nSPS) is 10.5. The highest BCUT2D eigenvalue weighted by Gasteiger charge is 2.07. The highest BCUT2D eigenvalue weighted by atomic mass is 35.5. The lowest BCUT2D eigenvalue weighted by Crippen LogP contribution is -2.29. The van der Waals surface area contributed by atoms with Crippen molar-refractivity contribution in [3.63, 3.8) is 0 Å². The molecule has 24 heavy (non-hydrogen) atoms. The second-order valence-corrected chi connectivity index (χ2v) is 6.33. The predicted molar refractivity (Wildman–Crippen MR) is 98.6 cm³/mol. The summed E-state index contributed by atoms with van der Waals surface area (Å²) in [6.45, 7) is 5.41. The summed E-state index contributed by atoms with van der Waals surface area (Å²) in [5.41, 5.74) is 1.71. The quantitative estimate of drug-likeness (QED) is 0.756.